The summed E-state index contributed by atoms with van der Waals surface area (Å²) in [6.07, 6.45) is 4.05. The minimum atomic E-state index is 0.207. The number of halogens is 1. The van der Waals surface area contributed by atoms with Gasteiger partial charge in [0.2, 0.25) is 0 Å². The molecule has 2 heterocycles. The Balaban J connectivity index is 2.45. The summed E-state index contributed by atoms with van der Waals surface area (Å²) in [6, 6.07) is 2.43. The van der Waals surface area contributed by atoms with E-state index in [2.05, 4.69) is 56.3 Å². The Morgan fingerprint density at radius 3 is 2.89 bits per heavy atom. The molecule has 1 atom stereocenters. The third kappa shape index (κ3) is 2.93. The molecule has 0 aliphatic heterocycles. The SMILES string of the molecule is CCCn1ncc(Br)c1C(NC)c1sccc1CC. The lowest BCUT2D eigenvalue weighted by atomic mass is 10.1. The molecule has 0 saturated carbocycles. The Kier molecular flexibility index (Phi) is 5.19. The topological polar surface area (TPSA) is 29.9 Å². The van der Waals surface area contributed by atoms with Gasteiger partial charge < -0.3 is 5.32 Å². The summed E-state index contributed by atoms with van der Waals surface area (Å²) >= 11 is 5.46. The van der Waals surface area contributed by atoms with E-state index >= 15 is 0 Å². The second kappa shape index (κ2) is 6.68. The third-order valence-corrected chi connectivity index (χ3v) is 4.89. The minimum absolute atomic E-state index is 0.207. The fraction of sp³-hybridized carbons (Fsp3) is 0.500. The van der Waals surface area contributed by atoms with Gasteiger partial charge in [-0.25, -0.2) is 0 Å². The normalized spacial score (nSPS) is 12.8. The number of nitrogens with zero attached hydrogens (tertiary/aromatic N) is 2. The Morgan fingerprint density at radius 2 is 2.26 bits per heavy atom. The monoisotopic (exact) mass is 341 g/mol. The van der Waals surface area contributed by atoms with Gasteiger partial charge in [-0.05, 0) is 52.8 Å². The van der Waals surface area contributed by atoms with Crippen molar-refractivity contribution in [1.29, 1.82) is 0 Å². The van der Waals surface area contributed by atoms with Gasteiger partial charge in [0.05, 0.1) is 22.4 Å². The van der Waals surface area contributed by atoms with Gasteiger partial charge in [0.1, 0.15) is 0 Å². The molecule has 0 aliphatic rings. The summed E-state index contributed by atoms with van der Waals surface area (Å²) in [5.41, 5.74) is 2.64. The maximum atomic E-state index is 4.47. The maximum absolute atomic E-state index is 4.47. The lowest BCUT2D eigenvalue weighted by Crippen LogP contribution is -2.22. The largest absolute Gasteiger partial charge is 0.307 e. The lowest BCUT2D eigenvalue weighted by Gasteiger charge is -2.19. The second-order valence-electron chi connectivity index (χ2n) is 4.49. The highest BCUT2D eigenvalue weighted by Gasteiger charge is 2.23. The van der Waals surface area contributed by atoms with E-state index in [1.54, 1.807) is 0 Å². The third-order valence-electron chi connectivity index (χ3n) is 3.25. The minimum Gasteiger partial charge on any atom is -0.307 e. The summed E-state index contributed by atoms with van der Waals surface area (Å²) < 4.78 is 3.18. The van der Waals surface area contributed by atoms with Gasteiger partial charge in [0, 0.05) is 11.4 Å². The number of aryl methyl sites for hydroxylation is 2. The van der Waals surface area contributed by atoms with Crippen LogP contribution >= 0.6 is 27.3 Å². The van der Waals surface area contributed by atoms with E-state index < -0.39 is 0 Å². The van der Waals surface area contributed by atoms with Crippen molar-refractivity contribution in [3.63, 3.8) is 0 Å². The van der Waals surface area contributed by atoms with Crippen molar-refractivity contribution < 1.29 is 0 Å². The average molecular weight is 342 g/mol. The molecule has 0 spiro atoms. The van der Waals surface area contributed by atoms with Crippen LogP contribution in [-0.4, -0.2) is 16.8 Å². The molecule has 1 N–H and O–H groups in total. The van der Waals surface area contributed by atoms with Crippen molar-refractivity contribution in [3.05, 3.63) is 38.3 Å². The van der Waals surface area contributed by atoms with Gasteiger partial charge in [-0.3, -0.25) is 4.68 Å². The van der Waals surface area contributed by atoms with Crippen molar-refractivity contribution >= 4 is 27.3 Å². The standard InChI is InChI=1S/C14H20BrN3S/c1-4-7-18-13(11(15)9-17-18)12(16-3)14-10(5-2)6-8-19-14/h6,8-9,12,16H,4-5,7H2,1-3H3. The highest BCUT2D eigenvalue weighted by Crippen LogP contribution is 2.33. The number of hydrogen-bond acceptors (Lipinski definition) is 3. The van der Waals surface area contributed by atoms with Crippen molar-refractivity contribution in [3.8, 4) is 0 Å². The van der Waals surface area contributed by atoms with Crippen LogP contribution in [0.15, 0.2) is 22.1 Å². The summed E-state index contributed by atoms with van der Waals surface area (Å²) in [6.45, 7) is 5.33. The van der Waals surface area contributed by atoms with E-state index in [1.807, 2.05) is 24.6 Å². The smallest absolute Gasteiger partial charge is 0.0853 e. The van der Waals surface area contributed by atoms with Crippen molar-refractivity contribution in [1.82, 2.24) is 15.1 Å². The van der Waals surface area contributed by atoms with Crippen molar-refractivity contribution in [2.45, 2.75) is 39.3 Å². The van der Waals surface area contributed by atoms with Gasteiger partial charge in [0.15, 0.2) is 0 Å². The van der Waals surface area contributed by atoms with Crippen molar-refractivity contribution in [2.24, 2.45) is 0 Å². The van der Waals surface area contributed by atoms with Crippen LogP contribution in [-0.2, 0) is 13.0 Å². The first kappa shape index (κ1) is 14.8. The van der Waals surface area contributed by atoms with Crippen LogP contribution < -0.4 is 5.32 Å². The molecule has 2 aromatic rings. The van der Waals surface area contributed by atoms with E-state index in [1.165, 1.54) is 16.1 Å². The molecule has 1 unspecified atom stereocenters. The molecule has 0 amide bonds. The molecule has 2 rings (SSSR count). The first-order valence-electron chi connectivity index (χ1n) is 6.67. The highest BCUT2D eigenvalue weighted by molar-refractivity contribution is 9.10. The summed E-state index contributed by atoms with van der Waals surface area (Å²) in [7, 11) is 2.01. The van der Waals surface area contributed by atoms with Crippen LogP contribution in [0.25, 0.3) is 0 Å². The zero-order valence-corrected chi connectivity index (χ0v) is 14.0. The van der Waals surface area contributed by atoms with E-state index in [4.69, 9.17) is 0 Å². The van der Waals surface area contributed by atoms with E-state index in [-0.39, 0.29) is 6.04 Å². The molecule has 19 heavy (non-hydrogen) atoms. The Morgan fingerprint density at radius 1 is 1.47 bits per heavy atom. The van der Waals surface area contributed by atoms with E-state index in [0.29, 0.717) is 0 Å². The van der Waals surface area contributed by atoms with E-state index in [0.717, 1.165) is 23.9 Å². The highest BCUT2D eigenvalue weighted by atomic mass is 79.9. The second-order valence-corrected chi connectivity index (χ2v) is 6.29. The molecule has 0 radical (unpaired) electrons. The Bertz CT molecular complexity index is 533. The Labute approximate surface area is 127 Å². The van der Waals surface area contributed by atoms with Gasteiger partial charge in [-0.1, -0.05) is 13.8 Å². The molecule has 3 nitrogen and oxygen atoms in total. The molecule has 2 aromatic heterocycles. The quantitative estimate of drug-likeness (QED) is 0.860. The van der Waals surface area contributed by atoms with Crippen molar-refractivity contribution in [2.75, 3.05) is 7.05 Å². The zero-order chi connectivity index (χ0) is 13.8. The lowest BCUT2D eigenvalue weighted by molar-refractivity contribution is 0.535. The molecule has 0 aliphatic carbocycles. The van der Waals surface area contributed by atoms with Crippen LogP contribution in [0.5, 0.6) is 0 Å². The molecular formula is C14H20BrN3S. The fourth-order valence-corrected chi connectivity index (χ4v) is 3.97. The number of aromatic nitrogens is 2. The average Bonchev–Trinajstić information content (AvgIpc) is 3.01. The van der Waals surface area contributed by atoms with Crippen LogP contribution in [0, 0.1) is 0 Å². The van der Waals surface area contributed by atoms with Crippen LogP contribution in [0.3, 0.4) is 0 Å². The fourth-order valence-electron chi connectivity index (χ4n) is 2.33. The van der Waals surface area contributed by atoms with Crippen LogP contribution in [0.4, 0.5) is 0 Å². The maximum Gasteiger partial charge on any atom is 0.0853 e. The molecule has 0 fully saturated rings. The predicted octanol–water partition coefficient (Wildman–Crippen LogP) is 3.99. The molecular weight excluding hydrogens is 322 g/mol. The summed E-state index contributed by atoms with van der Waals surface area (Å²) in [5.74, 6) is 0. The van der Waals surface area contributed by atoms with Gasteiger partial charge in [0.25, 0.3) is 0 Å². The zero-order valence-electron chi connectivity index (χ0n) is 11.6. The number of hydrogen-bond donors (Lipinski definition) is 1. The van der Waals surface area contributed by atoms with E-state index in [9.17, 15) is 0 Å². The van der Waals surface area contributed by atoms with Crippen LogP contribution in [0.2, 0.25) is 0 Å². The molecule has 0 aromatic carbocycles. The summed E-state index contributed by atoms with van der Waals surface area (Å²) in [4.78, 5) is 1.39. The number of thiophene rings is 1. The predicted molar refractivity (Wildman–Crippen MR) is 84.8 cm³/mol. The summed E-state index contributed by atoms with van der Waals surface area (Å²) in [5, 5.41) is 10.1. The molecule has 5 heteroatoms. The molecule has 0 saturated heterocycles. The number of rotatable bonds is 6. The van der Waals surface area contributed by atoms with Gasteiger partial charge in [-0.2, -0.15) is 5.10 Å². The molecule has 104 valence electrons. The first-order chi connectivity index (χ1) is 9.22. The van der Waals surface area contributed by atoms with Crippen LogP contribution in [0.1, 0.15) is 42.4 Å². The van der Waals surface area contributed by atoms with Gasteiger partial charge in [-0.15, -0.1) is 11.3 Å². The first-order valence-corrected chi connectivity index (χ1v) is 8.34. The number of nitrogens with one attached hydrogen (secondary N) is 1. The molecule has 0 bridgehead atoms. The van der Waals surface area contributed by atoms with Gasteiger partial charge >= 0.3 is 0 Å². The Hall–Kier alpha value is -0.650.